The SMILES string of the molecule is Clc1cccc(OCc2nnc(-c3cc(Br)nn3-c3ncccc3Cl)o2)c1. The zero-order valence-corrected chi connectivity index (χ0v) is 16.6. The molecule has 10 heteroatoms. The van der Waals surface area contributed by atoms with E-state index in [0.717, 1.165) is 0 Å². The van der Waals surface area contributed by atoms with Gasteiger partial charge in [0.05, 0.1) is 5.02 Å². The first-order valence-corrected chi connectivity index (χ1v) is 9.22. The van der Waals surface area contributed by atoms with Gasteiger partial charge in [0.15, 0.2) is 12.4 Å². The monoisotopic (exact) mass is 465 g/mol. The smallest absolute Gasteiger partial charge is 0.266 e. The normalized spacial score (nSPS) is 10.9. The van der Waals surface area contributed by atoms with Crippen molar-refractivity contribution < 1.29 is 9.15 Å². The lowest BCUT2D eigenvalue weighted by atomic mass is 10.3. The Kier molecular flexibility index (Phi) is 5.11. The van der Waals surface area contributed by atoms with E-state index < -0.39 is 0 Å². The number of aromatic nitrogens is 5. The fourth-order valence-electron chi connectivity index (χ4n) is 2.32. The van der Waals surface area contributed by atoms with Gasteiger partial charge >= 0.3 is 0 Å². The molecule has 27 heavy (non-hydrogen) atoms. The predicted octanol–water partition coefficient (Wildman–Crippen LogP) is 4.97. The van der Waals surface area contributed by atoms with Gasteiger partial charge in [0.2, 0.25) is 0 Å². The topological polar surface area (TPSA) is 78.9 Å². The molecule has 136 valence electrons. The standard InChI is InChI=1S/C17H10BrCl2N5O2/c18-14-8-13(25(24-14)16-12(20)5-2-6-21-16)17-23-22-15(27-17)9-26-11-4-1-3-10(19)7-11/h1-8H,9H2. The van der Waals surface area contributed by atoms with Crippen LogP contribution < -0.4 is 4.74 Å². The van der Waals surface area contributed by atoms with Crippen molar-refractivity contribution in [2.45, 2.75) is 6.61 Å². The Morgan fingerprint density at radius 1 is 1.11 bits per heavy atom. The summed E-state index contributed by atoms with van der Waals surface area (Å²) in [6.45, 7) is 0.104. The highest BCUT2D eigenvalue weighted by Gasteiger charge is 2.19. The molecule has 0 spiro atoms. The van der Waals surface area contributed by atoms with Gasteiger partial charge in [-0.3, -0.25) is 0 Å². The van der Waals surface area contributed by atoms with E-state index in [9.17, 15) is 0 Å². The summed E-state index contributed by atoms with van der Waals surface area (Å²) in [5, 5.41) is 13.5. The van der Waals surface area contributed by atoms with Crippen LogP contribution in [0, 0.1) is 0 Å². The lowest BCUT2D eigenvalue weighted by Crippen LogP contribution is -2.02. The molecule has 4 rings (SSSR count). The summed E-state index contributed by atoms with van der Waals surface area (Å²) in [7, 11) is 0. The van der Waals surface area contributed by atoms with E-state index in [1.54, 1.807) is 48.7 Å². The van der Waals surface area contributed by atoms with Gasteiger partial charge in [0, 0.05) is 17.3 Å². The molecule has 0 atom stereocenters. The summed E-state index contributed by atoms with van der Waals surface area (Å²) >= 11 is 15.5. The summed E-state index contributed by atoms with van der Waals surface area (Å²) in [4.78, 5) is 4.26. The number of benzene rings is 1. The van der Waals surface area contributed by atoms with Crippen LogP contribution in [0.4, 0.5) is 0 Å². The highest BCUT2D eigenvalue weighted by molar-refractivity contribution is 9.10. The van der Waals surface area contributed by atoms with Crippen molar-refractivity contribution in [2.75, 3.05) is 0 Å². The van der Waals surface area contributed by atoms with Crippen molar-refractivity contribution in [3.8, 4) is 23.2 Å². The summed E-state index contributed by atoms with van der Waals surface area (Å²) in [6, 6.07) is 12.3. The molecule has 0 aliphatic rings. The van der Waals surface area contributed by atoms with Crippen LogP contribution in [0.1, 0.15) is 5.89 Å². The molecular formula is C17H10BrCl2N5O2. The Bertz CT molecular complexity index is 1100. The minimum atomic E-state index is 0.104. The molecule has 0 radical (unpaired) electrons. The highest BCUT2D eigenvalue weighted by atomic mass is 79.9. The second kappa shape index (κ2) is 7.67. The molecule has 0 aliphatic carbocycles. The fraction of sp³-hybridized carbons (Fsp3) is 0.0588. The Hall–Kier alpha value is -2.42. The van der Waals surface area contributed by atoms with Crippen molar-refractivity contribution in [3.05, 3.63) is 69.2 Å². The first-order chi connectivity index (χ1) is 13.1. The molecule has 0 saturated carbocycles. The molecular weight excluding hydrogens is 457 g/mol. The van der Waals surface area contributed by atoms with Gasteiger partial charge in [-0.15, -0.1) is 10.2 Å². The third kappa shape index (κ3) is 3.97. The van der Waals surface area contributed by atoms with E-state index in [1.807, 2.05) is 0 Å². The minimum absolute atomic E-state index is 0.104. The van der Waals surface area contributed by atoms with E-state index >= 15 is 0 Å². The van der Waals surface area contributed by atoms with Crippen LogP contribution in [0.3, 0.4) is 0 Å². The second-order valence-electron chi connectivity index (χ2n) is 5.32. The molecule has 0 bridgehead atoms. The van der Waals surface area contributed by atoms with Gasteiger partial charge < -0.3 is 9.15 Å². The van der Waals surface area contributed by atoms with Gasteiger partial charge in [0.25, 0.3) is 11.8 Å². The largest absolute Gasteiger partial charge is 0.484 e. The number of hydrogen-bond acceptors (Lipinski definition) is 6. The van der Waals surface area contributed by atoms with Crippen LogP contribution in [-0.4, -0.2) is 25.0 Å². The molecule has 0 amide bonds. The number of pyridine rings is 1. The highest BCUT2D eigenvalue weighted by Crippen LogP contribution is 2.27. The number of nitrogens with zero attached hydrogens (tertiary/aromatic N) is 5. The fourth-order valence-corrected chi connectivity index (χ4v) is 3.07. The van der Waals surface area contributed by atoms with Crippen LogP contribution in [0.25, 0.3) is 17.4 Å². The van der Waals surface area contributed by atoms with E-state index in [1.165, 1.54) is 4.68 Å². The van der Waals surface area contributed by atoms with Gasteiger partial charge in [-0.05, 0) is 46.3 Å². The maximum atomic E-state index is 6.23. The number of hydrogen-bond donors (Lipinski definition) is 0. The summed E-state index contributed by atoms with van der Waals surface area (Å²) in [5.74, 6) is 1.63. The Morgan fingerprint density at radius 3 is 2.81 bits per heavy atom. The summed E-state index contributed by atoms with van der Waals surface area (Å²) < 4.78 is 13.4. The van der Waals surface area contributed by atoms with Crippen molar-refractivity contribution in [2.24, 2.45) is 0 Å². The maximum Gasteiger partial charge on any atom is 0.266 e. The van der Waals surface area contributed by atoms with Crippen LogP contribution in [-0.2, 0) is 6.61 Å². The molecule has 3 heterocycles. The van der Waals surface area contributed by atoms with Crippen LogP contribution in [0.5, 0.6) is 5.75 Å². The van der Waals surface area contributed by atoms with Crippen LogP contribution >= 0.6 is 39.1 Å². The molecule has 0 saturated heterocycles. The molecule has 4 aromatic rings. The van der Waals surface area contributed by atoms with Crippen LogP contribution in [0.2, 0.25) is 10.0 Å². The summed E-state index contributed by atoms with van der Waals surface area (Å²) in [5.41, 5.74) is 0.545. The average molecular weight is 467 g/mol. The van der Waals surface area contributed by atoms with Gasteiger partial charge in [0.1, 0.15) is 16.0 Å². The number of halogens is 3. The molecule has 1 aromatic carbocycles. The first-order valence-electron chi connectivity index (χ1n) is 7.68. The summed E-state index contributed by atoms with van der Waals surface area (Å²) in [6.07, 6.45) is 1.62. The van der Waals surface area contributed by atoms with E-state index in [0.29, 0.717) is 37.8 Å². The molecule has 0 fully saturated rings. The van der Waals surface area contributed by atoms with Gasteiger partial charge in [-0.2, -0.15) is 5.10 Å². The molecule has 3 aromatic heterocycles. The third-order valence-electron chi connectivity index (χ3n) is 3.46. The van der Waals surface area contributed by atoms with Crippen molar-refractivity contribution >= 4 is 39.1 Å². The molecule has 0 aliphatic heterocycles. The third-order valence-corrected chi connectivity index (χ3v) is 4.38. The number of ether oxygens (including phenoxy) is 1. The van der Waals surface area contributed by atoms with E-state index in [-0.39, 0.29) is 12.5 Å². The van der Waals surface area contributed by atoms with Crippen LogP contribution in [0.15, 0.2) is 57.7 Å². The average Bonchev–Trinajstić information content (AvgIpc) is 3.27. The Morgan fingerprint density at radius 2 is 2.00 bits per heavy atom. The second-order valence-corrected chi connectivity index (χ2v) is 6.98. The van der Waals surface area contributed by atoms with E-state index in [4.69, 9.17) is 32.4 Å². The Labute approximate surface area is 172 Å². The van der Waals surface area contributed by atoms with Crippen molar-refractivity contribution in [1.29, 1.82) is 0 Å². The van der Waals surface area contributed by atoms with Crippen molar-refractivity contribution in [3.63, 3.8) is 0 Å². The quantitative estimate of drug-likeness (QED) is 0.413. The van der Waals surface area contributed by atoms with Gasteiger partial charge in [-0.1, -0.05) is 29.3 Å². The maximum absolute atomic E-state index is 6.23. The van der Waals surface area contributed by atoms with Gasteiger partial charge in [-0.25, -0.2) is 9.67 Å². The molecule has 7 nitrogen and oxygen atoms in total. The van der Waals surface area contributed by atoms with Crippen molar-refractivity contribution in [1.82, 2.24) is 25.0 Å². The zero-order valence-electron chi connectivity index (χ0n) is 13.5. The molecule has 0 unspecified atom stereocenters. The zero-order chi connectivity index (χ0) is 18.8. The van der Waals surface area contributed by atoms with E-state index in [2.05, 4.69) is 36.2 Å². The predicted molar refractivity (Wildman–Crippen MR) is 103 cm³/mol. The Balaban J connectivity index is 1.60. The molecule has 0 N–H and O–H groups in total. The lowest BCUT2D eigenvalue weighted by Gasteiger charge is -2.05. The first kappa shape index (κ1) is 18.0. The minimum Gasteiger partial charge on any atom is -0.484 e. The number of rotatable bonds is 5. The lowest BCUT2D eigenvalue weighted by molar-refractivity contribution is 0.264.